The van der Waals surface area contributed by atoms with Crippen molar-refractivity contribution in [1.29, 1.82) is 0 Å². The minimum absolute atomic E-state index is 0.292. The van der Waals surface area contributed by atoms with Crippen LogP contribution in [0.15, 0.2) is 18.2 Å². The summed E-state index contributed by atoms with van der Waals surface area (Å²) in [6, 6.07) is 2.90. The molecule has 6 nitrogen and oxygen atoms in total. The predicted octanol–water partition coefficient (Wildman–Crippen LogP) is 1.06. The molecule has 0 spiro atoms. The van der Waals surface area contributed by atoms with Gasteiger partial charge in [0.05, 0.1) is 0 Å². The fourth-order valence-electron chi connectivity index (χ4n) is 1.69. The number of likely N-dealkylation sites (N-methyl/N-ethyl adjacent to an activating group) is 1. The minimum atomic E-state index is -1.21. The molecule has 20 heavy (non-hydrogen) atoms. The van der Waals surface area contributed by atoms with Gasteiger partial charge in [0.15, 0.2) is 11.5 Å². The second kappa shape index (κ2) is 6.11. The number of hydrogen-bond donors (Lipinski definition) is 4. The number of aromatic hydroxyl groups is 2. The molecule has 0 aliphatic heterocycles. The number of aliphatic hydroxyl groups is 1. The summed E-state index contributed by atoms with van der Waals surface area (Å²) in [4.78, 5) is 12.0. The van der Waals surface area contributed by atoms with Crippen LogP contribution in [0.5, 0.6) is 11.5 Å². The molecule has 1 aromatic rings. The topological polar surface area (TPSA) is 99.0 Å². The number of phenolic OH excluding ortho intramolecular Hbond substituents is 2. The van der Waals surface area contributed by atoms with Crippen molar-refractivity contribution in [2.45, 2.75) is 38.5 Å². The Morgan fingerprint density at radius 2 is 1.85 bits per heavy atom. The van der Waals surface area contributed by atoms with Crippen LogP contribution in [-0.2, 0) is 9.53 Å². The van der Waals surface area contributed by atoms with Crippen LogP contribution in [-0.4, -0.2) is 40.0 Å². The van der Waals surface area contributed by atoms with E-state index in [0.29, 0.717) is 5.56 Å². The largest absolute Gasteiger partial charge is 0.504 e. The van der Waals surface area contributed by atoms with E-state index in [4.69, 9.17) is 4.74 Å². The number of ether oxygens (including phenoxy) is 1. The van der Waals surface area contributed by atoms with E-state index < -0.39 is 23.7 Å². The molecule has 0 aliphatic carbocycles. The van der Waals surface area contributed by atoms with Crippen molar-refractivity contribution in [2.24, 2.45) is 0 Å². The standard InChI is InChI=1S/C14H21NO5/c1-14(2,3)20-13(19)11(15-4)12(18)8-5-6-9(16)10(17)7-8/h5-7,11-12,15-18H,1-4H3/t11-,12?/m0/s1. The Hall–Kier alpha value is -1.79. The molecule has 2 atom stereocenters. The molecule has 1 rings (SSSR count). The number of rotatable bonds is 4. The molecule has 0 fully saturated rings. The molecule has 0 amide bonds. The van der Waals surface area contributed by atoms with E-state index in [1.54, 1.807) is 20.8 Å². The normalized spacial score (nSPS) is 14.7. The van der Waals surface area contributed by atoms with Crippen molar-refractivity contribution in [3.8, 4) is 11.5 Å². The van der Waals surface area contributed by atoms with Gasteiger partial charge in [0.1, 0.15) is 17.7 Å². The average molecular weight is 283 g/mol. The molecule has 1 unspecified atom stereocenters. The molecule has 0 saturated carbocycles. The monoisotopic (exact) mass is 283 g/mol. The van der Waals surface area contributed by atoms with E-state index in [0.717, 1.165) is 0 Å². The van der Waals surface area contributed by atoms with Crippen LogP contribution >= 0.6 is 0 Å². The van der Waals surface area contributed by atoms with Crippen LogP contribution in [0.1, 0.15) is 32.4 Å². The van der Waals surface area contributed by atoms with Gasteiger partial charge in [-0.15, -0.1) is 0 Å². The number of esters is 1. The highest BCUT2D eigenvalue weighted by atomic mass is 16.6. The fraction of sp³-hybridized carbons (Fsp3) is 0.500. The Bertz CT molecular complexity index is 481. The van der Waals surface area contributed by atoms with Crippen molar-refractivity contribution in [2.75, 3.05) is 7.05 Å². The lowest BCUT2D eigenvalue weighted by Gasteiger charge is -2.26. The van der Waals surface area contributed by atoms with Crippen LogP contribution < -0.4 is 5.32 Å². The molecule has 0 saturated heterocycles. The zero-order valence-electron chi connectivity index (χ0n) is 12.0. The molecule has 6 heteroatoms. The molecule has 0 heterocycles. The van der Waals surface area contributed by atoms with Gasteiger partial charge >= 0.3 is 5.97 Å². The highest BCUT2D eigenvalue weighted by Crippen LogP contribution is 2.29. The first-order valence-corrected chi connectivity index (χ1v) is 6.26. The molecule has 0 aliphatic rings. The first-order valence-electron chi connectivity index (χ1n) is 6.26. The van der Waals surface area contributed by atoms with Gasteiger partial charge in [0.2, 0.25) is 0 Å². The lowest BCUT2D eigenvalue weighted by atomic mass is 10.0. The van der Waals surface area contributed by atoms with Crippen LogP contribution in [0.3, 0.4) is 0 Å². The minimum Gasteiger partial charge on any atom is -0.504 e. The Morgan fingerprint density at radius 1 is 1.25 bits per heavy atom. The van der Waals surface area contributed by atoms with Crippen molar-refractivity contribution in [3.05, 3.63) is 23.8 Å². The summed E-state index contributed by atoms with van der Waals surface area (Å²) < 4.78 is 5.21. The molecule has 1 aromatic carbocycles. The van der Waals surface area contributed by atoms with Gasteiger partial charge < -0.3 is 25.4 Å². The average Bonchev–Trinajstić information content (AvgIpc) is 2.31. The summed E-state index contributed by atoms with van der Waals surface area (Å²) in [7, 11) is 1.53. The summed E-state index contributed by atoms with van der Waals surface area (Å²) in [6.07, 6.45) is -1.21. The van der Waals surface area contributed by atoms with E-state index in [1.165, 1.54) is 25.2 Å². The third-order valence-electron chi connectivity index (χ3n) is 2.63. The van der Waals surface area contributed by atoms with Gasteiger partial charge in [-0.1, -0.05) is 6.07 Å². The van der Waals surface area contributed by atoms with Gasteiger partial charge in [-0.05, 0) is 45.5 Å². The first-order chi connectivity index (χ1) is 9.15. The zero-order valence-corrected chi connectivity index (χ0v) is 12.0. The number of aliphatic hydroxyl groups excluding tert-OH is 1. The molecule has 0 bridgehead atoms. The molecule has 0 radical (unpaired) electrons. The van der Waals surface area contributed by atoms with E-state index >= 15 is 0 Å². The second-order valence-corrected chi connectivity index (χ2v) is 5.49. The van der Waals surface area contributed by atoms with Gasteiger partial charge in [-0.25, -0.2) is 0 Å². The van der Waals surface area contributed by atoms with Gasteiger partial charge in [-0.2, -0.15) is 0 Å². The highest BCUT2D eigenvalue weighted by molar-refractivity contribution is 5.77. The van der Waals surface area contributed by atoms with Crippen molar-refractivity contribution in [3.63, 3.8) is 0 Å². The maximum atomic E-state index is 12.0. The summed E-state index contributed by atoms with van der Waals surface area (Å²) >= 11 is 0. The van der Waals surface area contributed by atoms with E-state index in [2.05, 4.69) is 5.32 Å². The zero-order chi connectivity index (χ0) is 15.5. The van der Waals surface area contributed by atoms with Crippen LogP contribution in [0, 0.1) is 0 Å². The lowest BCUT2D eigenvalue weighted by Crippen LogP contribution is -2.43. The SMILES string of the molecule is CN[C@H](C(=O)OC(C)(C)C)C(O)c1ccc(O)c(O)c1. The van der Waals surface area contributed by atoms with Crippen LogP contribution in [0.25, 0.3) is 0 Å². The Labute approximate surface area is 118 Å². The Morgan fingerprint density at radius 3 is 2.30 bits per heavy atom. The van der Waals surface area contributed by atoms with Crippen molar-refractivity contribution in [1.82, 2.24) is 5.32 Å². The lowest BCUT2D eigenvalue weighted by molar-refractivity contribution is -0.160. The van der Waals surface area contributed by atoms with Gasteiger partial charge in [-0.3, -0.25) is 4.79 Å². The van der Waals surface area contributed by atoms with E-state index in [9.17, 15) is 20.1 Å². The maximum absolute atomic E-state index is 12.0. The number of phenols is 2. The third kappa shape index (κ3) is 4.11. The Kier molecular flexibility index (Phi) is 4.97. The smallest absolute Gasteiger partial charge is 0.326 e. The summed E-state index contributed by atoms with van der Waals surface area (Å²) in [5, 5.41) is 31.6. The van der Waals surface area contributed by atoms with E-state index in [1.807, 2.05) is 0 Å². The summed E-state index contributed by atoms with van der Waals surface area (Å²) in [5.74, 6) is -1.25. The van der Waals surface area contributed by atoms with Gasteiger partial charge in [0, 0.05) is 0 Å². The first kappa shape index (κ1) is 16.3. The molecular weight excluding hydrogens is 262 g/mol. The number of carbonyl (C=O) groups excluding carboxylic acids is 1. The fourth-order valence-corrected chi connectivity index (χ4v) is 1.69. The molecule has 112 valence electrons. The molecule has 0 aromatic heterocycles. The van der Waals surface area contributed by atoms with Crippen LogP contribution in [0.4, 0.5) is 0 Å². The molecular formula is C14H21NO5. The summed E-state index contributed by atoms with van der Waals surface area (Å²) in [5.41, 5.74) is -0.367. The number of carbonyl (C=O) groups is 1. The maximum Gasteiger partial charge on any atom is 0.326 e. The van der Waals surface area contributed by atoms with Gasteiger partial charge in [0.25, 0.3) is 0 Å². The van der Waals surface area contributed by atoms with E-state index in [-0.39, 0.29) is 11.5 Å². The quantitative estimate of drug-likeness (QED) is 0.487. The number of hydrogen-bond acceptors (Lipinski definition) is 6. The number of nitrogens with one attached hydrogen (secondary N) is 1. The van der Waals surface area contributed by atoms with Crippen molar-refractivity contribution < 1.29 is 24.9 Å². The highest BCUT2D eigenvalue weighted by Gasteiger charge is 2.31. The van der Waals surface area contributed by atoms with Crippen LogP contribution in [0.2, 0.25) is 0 Å². The third-order valence-corrected chi connectivity index (χ3v) is 2.63. The second-order valence-electron chi connectivity index (χ2n) is 5.49. The predicted molar refractivity (Wildman–Crippen MR) is 73.4 cm³/mol. The number of benzene rings is 1. The van der Waals surface area contributed by atoms with Crippen molar-refractivity contribution >= 4 is 5.97 Å². The molecule has 4 N–H and O–H groups in total. The Balaban J connectivity index is 2.93. The summed E-state index contributed by atoms with van der Waals surface area (Å²) in [6.45, 7) is 5.20.